The van der Waals surface area contributed by atoms with Crippen molar-refractivity contribution in [2.24, 2.45) is 29.4 Å². The van der Waals surface area contributed by atoms with Crippen LogP contribution in [0.3, 0.4) is 0 Å². The van der Waals surface area contributed by atoms with Crippen molar-refractivity contribution >= 4 is 46.7 Å². The van der Waals surface area contributed by atoms with Crippen LogP contribution in [0.15, 0.2) is 11.6 Å². The zero-order valence-corrected chi connectivity index (χ0v) is 27.6. The van der Waals surface area contributed by atoms with Crippen LogP contribution in [0, 0.1) is 23.7 Å². The maximum atomic E-state index is 14.2. The largest absolute Gasteiger partial charge is 0.370 e. The zero-order valence-electron chi connectivity index (χ0n) is 26.8. The summed E-state index contributed by atoms with van der Waals surface area (Å²) >= 11 is 1.18. The minimum Gasteiger partial charge on any atom is -0.370 e. The molecule has 0 radical (unpaired) electrons. The highest BCUT2D eigenvalue weighted by Gasteiger charge is 2.56. The van der Waals surface area contributed by atoms with E-state index in [0.29, 0.717) is 12.8 Å². The molecule has 3 unspecified atom stereocenters. The second-order valence-corrected chi connectivity index (χ2v) is 14.7. The van der Waals surface area contributed by atoms with Crippen molar-refractivity contribution in [3.63, 3.8) is 0 Å². The van der Waals surface area contributed by atoms with Gasteiger partial charge in [-0.1, -0.05) is 47.0 Å². The van der Waals surface area contributed by atoms with E-state index < -0.39 is 65.4 Å². The van der Waals surface area contributed by atoms with Gasteiger partial charge in [-0.25, -0.2) is 9.78 Å². The van der Waals surface area contributed by atoms with Gasteiger partial charge in [-0.3, -0.25) is 24.0 Å². The van der Waals surface area contributed by atoms with Crippen LogP contribution in [0.1, 0.15) is 83.4 Å². The van der Waals surface area contributed by atoms with Crippen LogP contribution in [0.5, 0.6) is 0 Å². The number of nitrogens with zero attached hydrogens (tertiary/aromatic N) is 2. The summed E-state index contributed by atoms with van der Waals surface area (Å²) in [6, 6.07) is -4.67. The fourth-order valence-corrected chi connectivity index (χ4v) is 7.20. The molecule has 5 amide bonds. The number of hydrogen-bond donors (Lipinski definition) is 4. The normalized spacial score (nSPS) is 24.4. The Morgan fingerprint density at radius 1 is 1.04 bits per heavy atom. The fourth-order valence-electron chi connectivity index (χ4n) is 6.59. The van der Waals surface area contributed by atoms with Crippen molar-refractivity contribution in [2.45, 2.75) is 110 Å². The van der Waals surface area contributed by atoms with Crippen molar-refractivity contribution < 1.29 is 33.5 Å². The molecule has 5 N–H and O–H groups in total. The standard InChI is InChI=1S/C31H46N6O7S/c1-15(2)21(25(39)28-33-10-11-45-28)35-30(43)36-22(16(3)4)29(42)37-14-20-18(13-31(5,6)44-20)23(37)27(41)34-19(24(38)26(32)40)12-17-8-7-9-17/h10-11,15-23H,7-9,12-14H2,1-6H3,(H2,32,40)(H,34,41)(H2,35,36,43)/t18?,19?,20?,21-,22-,23-/m0/s1. The average Bonchev–Trinajstić information content (AvgIpc) is 3.64. The van der Waals surface area contributed by atoms with E-state index >= 15 is 0 Å². The van der Waals surface area contributed by atoms with E-state index in [9.17, 15) is 28.8 Å². The number of urea groups is 1. The number of carbonyl (C=O) groups is 6. The van der Waals surface area contributed by atoms with Crippen LogP contribution < -0.4 is 21.7 Å². The van der Waals surface area contributed by atoms with Gasteiger partial charge >= 0.3 is 6.03 Å². The van der Waals surface area contributed by atoms with E-state index in [0.717, 1.165) is 19.3 Å². The van der Waals surface area contributed by atoms with Crippen molar-refractivity contribution in [1.82, 2.24) is 25.8 Å². The fraction of sp³-hybridized carbons (Fsp3) is 0.710. The molecule has 0 spiro atoms. The Morgan fingerprint density at radius 2 is 1.69 bits per heavy atom. The number of thiazole rings is 1. The number of carbonyl (C=O) groups excluding carboxylic acids is 6. The van der Waals surface area contributed by atoms with Gasteiger partial charge in [0.2, 0.25) is 23.4 Å². The minimum absolute atomic E-state index is 0.117. The van der Waals surface area contributed by atoms with Gasteiger partial charge in [0.1, 0.15) is 12.1 Å². The molecule has 3 heterocycles. The molecule has 1 saturated carbocycles. The maximum absolute atomic E-state index is 14.2. The van der Waals surface area contributed by atoms with E-state index in [2.05, 4.69) is 20.9 Å². The van der Waals surface area contributed by atoms with Gasteiger partial charge in [0.25, 0.3) is 5.91 Å². The summed E-state index contributed by atoms with van der Waals surface area (Å²) in [6.45, 7) is 11.1. The lowest BCUT2D eigenvalue weighted by molar-refractivity contribution is -0.144. The Morgan fingerprint density at radius 3 is 2.22 bits per heavy atom. The van der Waals surface area contributed by atoms with Crippen LogP contribution in [0.2, 0.25) is 0 Å². The number of ether oxygens (including phenoxy) is 1. The number of likely N-dealkylation sites (tertiary alicyclic amines) is 1. The second-order valence-electron chi connectivity index (χ2n) is 13.8. The summed E-state index contributed by atoms with van der Waals surface area (Å²) < 4.78 is 6.22. The van der Waals surface area contributed by atoms with Crippen LogP contribution in [0.25, 0.3) is 0 Å². The first-order valence-electron chi connectivity index (χ1n) is 15.7. The van der Waals surface area contributed by atoms with Crippen molar-refractivity contribution in [3.8, 4) is 0 Å². The highest BCUT2D eigenvalue weighted by molar-refractivity contribution is 7.11. The Labute approximate surface area is 267 Å². The third kappa shape index (κ3) is 7.89. The van der Waals surface area contributed by atoms with Crippen LogP contribution in [0.4, 0.5) is 4.79 Å². The molecule has 0 aromatic carbocycles. The van der Waals surface area contributed by atoms with Gasteiger partial charge in [-0.15, -0.1) is 11.3 Å². The lowest BCUT2D eigenvalue weighted by atomic mass is 9.80. The summed E-state index contributed by atoms with van der Waals surface area (Å²) in [7, 11) is 0. The molecule has 0 bridgehead atoms. The molecule has 248 valence electrons. The molecule has 1 aliphatic carbocycles. The van der Waals surface area contributed by atoms with Gasteiger partial charge in [-0.2, -0.15) is 0 Å². The number of amides is 5. The van der Waals surface area contributed by atoms with E-state index in [-0.39, 0.29) is 41.0 Å². The third-order valence-electron chi connectivity index (χ3n) is 9.11. The molecular weight excluding hydrogens is 600 g/mol. The lowest BCUT2D eigenvalue weighted by Crippen LogP contribution is -2.60. The van der Waals surface area contributed by atoms with Crippen molar-refractivity contribution in [3.05, 3.63) is 16.6 Å². The molecule has 1 aromatic rings. The van der Waals surface area contributed by atoms with Crippen molar-refractivity contribution in [1.29, 1.82) is 0 Å². The first kappa shape index (κ1) is 34.5. The minimum atomic E-state index is -1.12. The van der Waals surface area contributed by atoms with Gasteiger partial charge in [0.05, 0.1) is 23.8 Å². The Hall–Kier alpha value is -3.39. The highest BCUT2D eigenvalue weighted by atomic mass is 32.1. The highest BCUT2D eigenvalue weighted by Crippen LogP contribution is 2.43. The number of nitrogens with two attached hydrogens (primary N) is 1. The quantitative estimate of drug-likeness (QED) is 0.184. The predicted octanol–water partition coefficient (Wildman–Crippen LogP) is 1.80. The van der Waals surface area contributed by atoms with Gasteiger partial charge in [-0.05, 0) is 44.4 Å². The van der Waals surface area contributed by atoms with Crippen LogP contribution >= 0.6 is 11.3 Å². The number of Topliss-reactive ketones (excluding diaryl/α,β-unsaturated/α-hetero) is 2. The Balaban J connectivity index is 1.54. The van der Waals surface area contributed by atoms with Gasteiger partial charge in [0, 0.05) is 24.0 Å². The van der Waals surface area contributed by atoms with E-state index in [1.54, 1.807) is 33.1 Å². The van der Waals surface area contributed by atoms with Crippen molar-refractivity contribution in [2.75, 3.05) is 6.54 Å². The zero-order chi connectivity index (χ0) is 33.2. The summed E-state index contributed by atoms with van der Waals surface area (Å²) in [6.07, 6.45) is 4.70. The average molecular weight is 647 g/mol. The molecule has 45 heavy (non-hydrogen) atoms. The molecule has 1 aromatic heterocycles. The molecule has 3 aliphatic rings. The van der Waals surface area contributed by atoms with E-state index in [1.807, 2.05) is 13.8 Å². The molecule has 4 rings (SSSR count). The SMILES string of the molecule is CC(C)[C@H](NC(=O)N[C@H](C(=O)N1CC2OC(C)(C)CC2[C@H]1C(=O)NC(CC1CCC1)C(=O)C(N)=O)C(C)C)C(=O)c1nccs1. The molecule has 2 saturated heterocycles. The molecule has 13 nitrogen and oxygen atoms in total. The number of nitrogens with one attached hydrogen (secondary N) is 3. The van der Waals surface area contributed by atoms with Crippen LogP contribution in [-0.4, -0.2) is 87.6 Å². The summed E-state index contributed by atoms with van der Waals surface area (Å²) in [5.74, 6) is -4.14. The van der Waals surface area contributed by atoms with Gasteiger partial charge in [0.15, 0.2) is 5.01 Å². The molecular formula is C31H46N6O7S. The van der Waals surface area contributed by atoms with Gasteiger partial charge < -0.3 is 31.3 Å². The monoisotopic (exact) mass is 646 g/mol. The van der Waals surface area contributed by atoms with Crippen LogP contribution in [-0.2, 0) is 23.9 Å². The number of rotatable bonds is 13. The maximum Gasteiger partial charge on any atom is 0.316 e. The Kier molecular flexibility index (Phi) is 10.7. The summed E-state index contributed by atoms with van der Waals surface area (Å²) in [5, 5.41) is 10.2. The summed E-state index contributed by atoms with van der Waals surface area (Å²) in [5.41, 5.74) is 4.80. The lowest BCUT2D eigenvalue weighted by Gasteiger charge is -2.34. The van der Waals surface area contributed by atoms with E-state index in [1.165, 1.54) is 22.4 Å². The number of ketones is 2. The summed E-state index contributed by atoms with van der Waals surface area (Å²) in [4.78, 5) is 84.4. The number of hydrogen-bond acceptors (Lipinski definition) is 9. The topological polar surface area (TPSA) is 190 Å². The molecule has 14 heteroatoms. The predicted molar refractivity (Wildman–Crippen MR) is 166 cm³/mol. The molecule has 3 fully saturated rings. The number of aromatic nitrogens is 1. The smallest absolute Gasteiger partial charge is 0.316 e. The first-order chi connectivity index (χ1) is 21.1. The first-order valence-corrected chi connectivity index (χ1v) is 16.6. The Bertz CT molecular complexity index is 1300. The number of primary amides is 1. The van der Waals surface area contributed by atoms with E-state index in [4.69, 9.17) is 10.5 Å². The second kappa shape index (κ2) is 13.9. The molecule has 6 atom stereocenters. The number of fused-ring (bicyclic) bond motifs is 1. The third-order valence-corrected chi connectivity index (χ3v) is 9.90. The molecule has 2 aliphatic heterocycles.